The normalized spacial score (nSPS) is 14.0. The Morgan fingerprint density at radius 2 is 1.88 bits per heavy atom. The fourth-order valence-corrected chi connectivity index (χ4v) is 6.28. The quantitative estimate of drug-likeness (QED) is 0.224. The number of carbonyl (C=O) groups is 2. The van der Waals surface area contributed by atoms with E-state index in [1.54, 1.807) is 19.1 Å². The van der Waals surface area contributed by atoms with E-state index >= 15 is 0 Å². The van der Waals surface area contributed by atoms with Crippen molar-refractivity contribution in [2.75, 3.05) is 40.5 Å². The van der Waals surface area contributed by atoms with Gasteiger partial charge < -0.3 is 24.1 Å². The van der Waals surface area contributed by atoms with Gasteiger partial charge in [-0.25, -0.2) is 4.98 Å². The first-order valence-corrected chi connectivity index (χ1v) is 15.3. The summed E-state index contributed by atoms with van der Waals surface area (Å²) in [6, 6.07) is 14.2. The average molecular weight is 591 g/mol. The molecule has 0 unspecified atom stereocenters. The van der Waals surface area contributed by atoms with Crippen molar-refractivity contribution in [2.24, 2.45) is 5.92 Å². The van der Waals surface area contributed by atoms with E-state index in [1.165, 1.54) is 22.3 Å². The number of thiazole rings is 1. The Bertz CT molecular complexity index is 1510. The van der Waals surface area contributed by atoms with Crippen molar-refractivity contribution in [3.63, 3.8) is 0 Å². The van der Waals surface area contributed by atoms with Crippen LogP contribution in [0.2, 0.25) is 0 Å². The number of rotatable bonds is 12. The summed E-state index contributed by atoms with van der Waals surface area (Å²) in [6.45, 7) is 5.30. The molecule has 1 amide bonds. The molecule has 10 heteroatoms. The van der Waals surface area contributed by atoms with Crippen molar-refractivity contribution >= 4 is 34.1 Å². The predicted molar refractivity (Wildman–Crippen MR) is 163 cm³/mol. The van der Waals surface area contributed by atoms with Crippen LogP contribution in [-0.4, -0.2) is 72.1 Å². The van der Waals surface area contributed by atoms with Gasteiger partial charge in [0.1, 0.15) is 22.2 Å². The van der Waals surface area contributed by atoms with E-state index in [0.717, 1.165) is 40.6 Å². The molecule has 4 aromatic rings. The molecule has 0 saturated carbocycles. The largest absolute Gasteiger partial charge is 0.497 e. The fraction of sp³-hybridized carbons (Fsp3) is 0.406. The predicted octanol–water partition coefficient (Wildman–Crippen LogP) is 5.30. The van der Waals surface area contributed by atoms with Crippen LogP contribution in [0, 0.1) is 5.92 Å². The van der Waals surface area contributed by atoms with Crippen molar-refractivity contribution in [3.8, 4) is 11.5 Å². The minimum absolute atomic E-state index is 0.0815. The number of nitrogens with zero attached hydrogens (tertiary/aromatic N) is 3. The van der Waals surface area contributed by atoms with E-state index in [9.17, 15) is 9.59 Å². The third-order valence-electron chi connectivity index (χ3n) is 7.79. The highest BCUT2D eigenvalue weighted by Gasteiger charge is 2.29. The molecule has 0 bridgehead atoms. The summed E-state index contributed by atoms with van der Waals surface area (Å²) < 4.78 is 16.2. The van der Waals surface area contributed by atoms with Gasteiger partial charge in [0.15, 0.2) is 0 Å². The molecule has 0 aliphatic carbocycles. The van der Waals surface area contributed by atoms with Crippen molar-refractivity contribution in [2.45, 2.75) is 39.3 Å². The maximum atomic E-state index is 13.3. The van der Waals surface area contributed by atoms with Gasteiger partial charge >= 0.3 is 5.97 Å². The van der Waals surface area contributed by atoms with Crippen LogP contribution in [0.5, 0.6) is 11.5 Å². The highest BCUT2D eigenvalue weighted by Crippen LogP contribution is 2.28. The van der Waals surface area contributed by atoms with Crippen molar-refractivity contribution in [1.29, 1.82) is 0 Å². The summed E-state index contributed by atoms with van der Waals surface area (Å²) in [4.78, 5) is 37.6. The van der Waals surface area contributed by atoms with Gasteiger partial charge in [0.2, 0.25) is 0 Å². The standard InChI is InChI=1S/C32H38N4O5S/c1-4-41-32(38)22-12-15-36(16-13-22)31(37)28-21-42-30(34-28)20-35(19-24-9-10-25(39-2)17-29(24)40-3)14-11-23-18-33-27-8-6-5-7-26(23)27/h5-10,17-18,21-22,33H,4,11-16,19-20H2,1-3H3. The van der Waals surface area contributed by atoms with E-state index < -0.39 is 0 Å². The molecular formula is C32H38N4O5S. The zero-order valence-corrected chi connectivity index (χ0v) is 25.2. The number of carbonyl (C=O) groups excluding carboxylic acids is 2. The number of amides is 1. The third kappa shape index (κ3) is 6.94. The van der Waals surface area contributed by atoms with Crippen LogP contribution in [0.15, 0.2) is 54.0 Å². The van der Waals surface area contributed by atoms with Crippen LogP contribution in [0.25, 0.3) is 10.9 Å². The zero-order chi connectivity index (χ0) is 29.5. The number of nitrogens with one attached hydrogen (secondary N) is 1. The molecule has 9 nitrogen and oxygen atoms in total. The van der Waals surface area contributed by atoms with E-state index in [1.807, 2.05) is 36.6 Å². The molecular weight excluding hydrogens is 552 g/mol. The molecule has 222 valence electrons. The molecule has 2 aromatic heterocycles. The Morgan fingerprint density at radius 3 is 2.64 bits per heavy atom. The minimum Gasteiger partial charge on any atom is -0.497 e. The van der Waals surface area contributed by atoms with Crippen LogP contribution in [0.3, 0.4) is 0 Å². The van der Waals surface area contributed by atoms with Gasteiger partial charge in [0.25, 0.3) is 5.91 Å². The molecule has 3 heterocycles. The van der Waals surface area contributed by atoms with Crippen molar-refractivity contribution < 1.29 is 23.8 Å². The number of methoxy groups -OCH3 is 2. The second-order valence-electron chi connectivity index (χ2n) is 10.4. The monoisotopic (exact) mass is 590 g/mol. The Morgan fingerprint density at radius 1 is 1.07 bits per heavy atom. The van der Waals surface area contributed by atoms with E-state index in [2.05, 4.69) is 34.3 Å². The lowest BCUT2D eigenvalue weighted by molar-refractivity contribution is -0.149. The molecule has 42 heavy (non-hydrogen) atoms. The van der Waals surface area contributed by atoms with Gasteiger partial charge in [-0.2, -0.15) is 0 Å². The number of fused-ring (bicyclic) bond motifs is 1. The number of para-hydroxylation sites is 1. The second-order valence-corrected chi connectivity index (χ2v) is 11.4. The van der Waals surface area contributed by atoms with Crippen LogP contribution in [0.4, 0.5) is 0 Å². The maximum Gasteiger partial charge on any atom is 0.309 e. The number of benzene rings is 2. The maximum absolute atomic E-state index is 13.3. The Kier molecular flexibility index (Phi) is 9.76. The molecule has 5 rings (SSSR count). The van der Waals surface area contributed by atoms with Gasteiger partial charge in [0, 0.05) is 60.3 Å². The summed E-state index contributed by atoms with van der Waals surface area (Å²) in [5, 5.41) is 3.96. The first kappa shape index (κ1) is 29.6. The number of esters is 1. The van der Waals surface area contributed by atoms with Gasteiger partial charge in [-0.1, -0.05) is 24.3 Å². The smallest absolute Gasteiger partial charge is 0.309 e. The number of aromatic nitrogens is 2. The first-order chi connectivity index (χ1) is 20.5. The van der Waals surface area contributed by atoms with Crippen molar-refractivity contribution in [1.82, 2.24) is 19.8 Å². The molecule has 1 N–H and O–H groups in total. The molecule has 1 saturated heterocycles. The van der Waals surface area contributed by atoms with Crippen molar-refractivity contribution in [3.05, 3.63) is 75.9 Å². The molecule has 1 fully saturated rings. The summed E-state index contributed by atoms with van der Waals surface area (Å²) >= 11 is 1.50. The number of H-pyrrole nitrogens is 1. The number of aromatic amines is 1. The van der Waals surface area contributed by atoms with Gasteiger partial charge in [-0.3, -0.25) is 14.5 Å². The van der Waals surface area contributed by atoms with E-state index in [4.69, 9.17) is 19.2 Å². The lowest BCUT2D eigenvalue weighted by Gasteiger charge is -2.30. The SMILES string of the molecule is CCOC(=O)C1CCN(C(=O)c2csc(CN(CCc3c[nH]c4ccccc34)Cc3ccc(OC)cc3OC)n2)CC1. The highest BCUT2D eigenvalue weighted by molar-refractivity contribution is 7.09. The molecule has 1 aliphatic rings. The Balaban J connectivity index is 1.28. The summed E-state index contributed by atoms with van der Waals surface area (Å²) in [7, 11) is 3.31. The number of likely N-dealkylation sites (tertiary alicyclic amines) is 1. The molecule has 0 radical (unpaired) electrons. The number of piperidine rings is 1. The van der Waals surface area contributed by atoms with E-state index in [-0.39, 0.29) is 17.8 Å². The summed E-state index contributed by atoms with van der Waals surface area (Å²) in [5.74, 6) is 1.13. The Labute approximate surface area is 250 Å². The number of hydrogen-bond acceptors (Lipinski definition) is 8. The fourth-order valence-electron chi connectivity index (χ4n) is 5.47. The highest BCUT2D eigenvalue weighted by atomic mass is 32.1. The average Bonchev–Trinajstić information content (AvgIpc) is 3.67. The molecule has 0 atom stereocenters. The van der Waals surface area contributed by atoms with Gasteiger partial charge in [-0.05, 0) is 43.9 Å². The van der Waals surface area contributed by atoms with Gasteiger partial charge in [-0.15, -0.1) is 11.3 Å². The molecule has 0 spiro atoms. The van der Waals surface area contributed by atoms with Crippen LogP contribution in [-0.2, 0) is 29.0 Å². The summed E-state index contributed by atoms with van der Waals surface area (Å²) in [6.07, 6.45) is 4.18. The second kappa shape index (κ2) is 13.8. The van der Waals surface area contributed by atoms with E-state index in [0.29, 0.717) is 51.3 Å². The Hall–Kier alpha value is -3.89. The zero-order valence-electron chi connectivity index (χ0n) is 24.4. The van der Waals surface area contributed by atoms with Crippen LogP contribution in [0.1, 0.15) is 46.4 Å². The first-order valence-electron chi connectivity index (χ1n) is 14.4. The number of hydrogen-bond donors (Lipinski definition) is 1. The van der Waals surface area contributed by atoms with Gasteiger partial charge in [0.05, 0.1) is 33.3 Å². The third-order valence-corrected chi connectivity index (χ3v) is 8.63. The molecule has 1 aliphatic heterocycles. The minimum atomic E-state index is -0.165. The topological polar surface area (TPSA) is 97.0 Å². The number of ether oxygens (including phenoxy) is 3. The lowest BCUT2D eigenvalue weighted by Crippen LogP contribution is -2.40. The molecule has 2 aromatic carbocycles. The lowest BCUT2D eigenvalue weighted by atomic mass is 9.97. The van der Waals surface area contributed by atoms with Crippen LogP contribution < -0.4 is 9.47 Å². The van der Waals surface area contributed by atoms with Crippen LogP contribution >= 0.6 is 11.3 Å². The summed E-state index contributed by atoms with van der Waals surface area (Å²) in [5.41, 5.74) is 3.90.